The highest BCUT2D eigenvalue weighted by molar-refractivity contribution is 8.13. The molecular formula is C15H22N2O3S. The van der Waals surface area contributed by atoms with E-state index in [4.69, 9.17) is 4.74 Å². The fourth-order valence-electron chi connectivity index (χ4n) is 1.43. The average molecular weight is 310 g/mol. The standard InChI is InChI=1S/C15H22N2O3S/c1-6-15(5,17-13(19)20-14(2,3)4)12(18)21-11-9-7-8-10-16-11/h7-10H,6H2,1-5H3,(H,17,19). The van der Waals surface area contributed by atoms with Gasteiger partial charge in [0, 0.05) is 6.20 Å². The molecule has 1 amide bonds. The van der Waals surface area contributed by atoms with Gasteiger partial charge in [0.15, 0.2) is 0 Å². The molecule has 1 unspecified atom stereocenters. The number of ether oxygens (including phenoxy) is 1. The second kappa shape index (κ2) is 6.93. The SMILES string of the molecule is CCC(C)(NC(=O)OC(C)(C)C)C(=O)Sc1ccccn1. The molecule has 0 saturated carbocycles. The Morgan fingerprint density at radius 2 is 1.95 bits per heavy atom. The molecule has 0 aliphatic heterocycles. The minimum atomic E-state index is -0.996. The van der Waals surface area contributed by atoms with Crippen molar-refractivity contribution in [2.75, 3.05) is 0 Å². The lowest BCUT2D eigenvalue weighted by Gasteiger charge is -2.29. The van der Waals surface area contributed by atoms with Crippen LogP contribution in [0.3, 0.4) is 0 Å². The molecule has 1 aromatic heterocycles. The highest BCUT2D eigenvalue weighted by Crippen LogP contribution is 2.25. The Hall–Kier alpha value is -1.56. The van der Waals surface area contributed by atoms with E-state index in [0.29, 0.717) is 11.4 Å². The topological polar surface area (TPSA) is 68.3 Å². The Morgan fingerprint density at radius 3 is 2.43 bits per heavy atom. The molecule has 6 heteroatoms. The molecule has 0 aromatic carbocycles. The van der Waals surface area contributed by atoms with Crippen LogP contribution in [-0.2, 0) is 9.53 Å². The number of carbonyl (C=O) groups is 2. The van der Waals surface area contributed by atoms with Crippen molar-refractivity contribution in [2.24, 2.45) is 0 Å². The van der Waals surface area contributed by atoms with E-state index in [0.717, 1.165) is 11.8 Å². The molecule has 1 aromatic rings. The van der Waals surface area contributed by atoms with Gasteiger partial charge in [-0.1, -0.05) is 13.0 Å². The van der Waals surface area contributed by atoms with Gasteiger partial charge in [-0.25, -0.2) is 9.78 Å². The summed E-state index contributed by atoms with van der Waals surface area (Å²) in [7, 11) is 0. The zero-order chi connectivity index (χ0) is 16.1. The van der Waals surface area contributed by atoms with Crippen molar-refractivity contribution in [2.45, 2.75) is 57.2 Å². The predicted molar refractivity (Wildman–Crippen MR) is 83.2 cm³/mol. The first-order valence-corrected chi connectivity index (χ1v) is 7.62. The first-order chi connectivity index (χ1) is 9.66. The Bertz CT molecular complexity index is 499. The summed E-state index contributed by atoms with van der Waals surface area (Å²) in [6.07, 6.45) is 1.49. The van der Waals surface area contributed by atoms with E-state index < -0.39 is 17.2 Å². The predicted octanol–water partition coefficient (Wildman–Crippen LogP) is 3.39. The lowest BCUT2D eigenvalue weighted by atomic mass is 10.0. The first-order valence-electron chi connectivity index (χ1n) is 6.81. The van der Waals surface area contributed by atoms with Crippen molar-refractivity contribution in [3.05, 3.63) is 24.4 Å². The molecule has 0 radical (unpaired) electrons. The van der Waals surface area contributed by atoms with Crippen LogP contribution in [0.5, 0.6) is 0 Å². The maximum atomic E-state index is 12.4. The van der Waals surface area contributed by atoms with Crippen LogP contribution < -0.4 is 5.32 Å². The van der Waals surface area contributed by atoms with Crippen molar-refractivity contribution >= 4 is 23.0 Å². The Labute approximate surface area is 129 Å². The maximum Gasteiger partial charge on any atom is 0.408 e. The van der Waals surface area contributed by atoms with Gasteiger partial charge in [-0.15, -0.1) is 0 Å². The van der Waals surface area contributed by atoms with Crippen LogP contribution >= 0.6 is 11.8 Å². The van der Waals surface area contributed by atoms with Crippen LogP contribution in [0.25, 0.3) is 0 Å². The molecule has 0 aliphatic rings. The summed E-state index contributed by atoms with van der Waals surface area (Å²) >= 11 is 1.01. The van der Waals surface area contributed by atoms with E-state index in [1.165, 1.54) is 0 Å². The zero-order valence-electron chi connectivity index (χ0n) is 13.1. The zero-order valence-corrected chi connectivity index (χ0v) is 13.9. The molecule has 21 heavy (non-hydrogen) atoms. The lowest BCUT2D eigenvalue weighted by molar-refractivity contribution is -0.116. The molecule has 0 saturated heterocycles. The Morgan fingerprint density at radius 1 is 1.29 bits per heavy atom. The number of thioether (sulfide) groups is 1. The fourth-order valence-corrected chi connectivity index (χ4v) is 2.30. The van der Waals surface area contributed by atoms with Crippen LogP contribution in [-0.4, -0.2) is 27.3 Å². The van der Waals surface area contributed by atoms with E-state index in [-0.39, 0.29) is 5.12 Å². The molecule has 0 fully saturated rings. The van der Waals surface area contributed by atoms with E-state index in [9.17, 15) is 9.59 Å². The summed E-state index contributed by atoms with van der Waals surface area (Å²) in [6, 6.07) is 5.35. The summed E-state index contributed by atoms with van der Waals surface area (Å²) < 4.78 is 5.21. The summed E-state index contributed by atoms with van der Waals surface area (Å²) in [4.78, 5) is 28.4. The van der Waals surface area contributed by atoms with Crippen molar-refractivity contribution in [1.29, 1.82) is 0 Å². The molecule has 1 atom stereocenters. The van der Waals surface area contributed by atoms with Gasteiger partial charge < -0.3 is 10.1 Å². The monoisotopic (exact) mass is 310 g/mol. The minimum Gasteiger partial charge on any atom is -0.444 e. The molecule has 0 bridgehead atoms. The fraction of sp³-hybridized carbons (Fsp3) is 0.533. The van der Waals surface area contributed by atoms with Gasteiger partial charge in [0.05, 0.1) is 0 Å². The number of pyridine rings is 1. The summed E-state index contributed by atoms with van der Waals surface area (Å²) in [6.45, 7) is 8.87. The summed E-state index contributed by atoms with van der Waals surface area (Å²) in [5.41, 5.74) is -1.60. The van der Waals surface area contributed by atoms with E-state index in [1.54, 1.807) is 46.0 Å². The number of nitrogens with one attached hydrogen (secondary N) is 1. The summed E-state index contributed by atoms with van der Waals surface area (Å²) in [5, 5.41) is 3.09. The second-order valence-electron chi connectivity index (χ2n) is 5.87. The van der Waals surface area contributed by atoms with Gasteiger partial charge in [0.25, 0.3) is 0 Å². The van der Waals surface area contributed by atoms with Crippen LogP contribution in [0.1, 0.15) is 41.0 Å². The molecule has 1 rings (SSSR count). The van der Waals surface area contributed by atoms with Crippen molar-refractivity contribution in [3.8, 4) is 0 Å². The van der Waals surface area contributed by atoms with E-state index in [2.05, 4.69) is 10.3 Å². The minimum absolute atomic E-state index is 0.172. The third-order valence-electron chi connectivity index (χ3n) is 2.77. The third-order valence-corrected chi connectivity index (χ3v) is 3.86. The van der Waals surface area contributed by atoms with Gasteiger partial charge >= 0.3 is 6.09 Å². The van der Waals surface area contributed by atoms with Crippen LogP contribution in [0.4, 0.5) is 4.79 Å². The number of rotatable bonds is 4. The van der Waals surface area contributed by atoms with E-state index in [1.807, 2.05) is 13.0 Å². The average Bonchev–Trinajstić information content (AvgIpc) is 2.37. The number of aromatic nitrogens is 1. The Balaban J connectivity index is 2.74. The van der Waals surface area contributed by atoms with Crippen LogP contribution in [0.15, 0.2) is 29.4 Å². The second-order valence-corrected chi connectivity index (χ2v) is 6.86. The highest BCUT2D eigenvalue weighted by Gasteiger charge is 2.35. The quantitative estimate of drug-likeness (QED) is 0.863. The number of hydrogen-bond donors (Lipinski definition) is 1. The van der Waals surface area contributed by atoms with Gasteiger partial charge in [-0.2, -0.15) is 0 Å². The first kappa shape index (κ1) is 17.5. The summed E-state index contributed by atoms with van der Waals surface area (Å²) in [5.74, 6) is 0. The van der Waals surface area contributed by atoms with Gasteiger partial charge in [0.2, 0.25) is 5.12 Å². The van der Waals surface area contributed by atoms with Crippen LogP contribution in [0, 0.1) is 0 Å². The molecule has 1 heterocycles. The normalized spacial score (nSPS) is 14.1. The van der Waals surface area contributed by atoms with Crippen molar-refractivity contribution < 1.29 is 14.3 Å². The lowest BCUT2D eigenvalue weighted by Crippen LogP contribution is -2.52. The maximum absolute atomic E-state index is 12.4. The van der Waals surface area contributed by atoms with Gasteiger partial charge in [-0.05, 0) is 58.0 Å². The van der Waals surface area contributed by atoms with Crippen LogP contribution in [0.2, 0.25) is 0 Å². The largest absolute Gasteiger partial charge is 0.444 e. The molecule has 5 nitrogen and oxygen atoms in total. The highest BCUT2D eigenvalue weighted by atomic mass is 32.2. The Kier molecular flexibility index (Phi) is 5.78. The van der Waals surface area contributed by atoms with Gasteiger partial charge in [-0.3, -0.25) is 4.79 Å². The molecule has 0 aliphatic carbocycles. The van der Waals surface area contributed by atoms with E-state index >= 15 is 0 Å². The van der Waals surface area contributed by atoms with Crippen molar-refractivity contribution in [3.63, 3.8) is 0 Å². The molecule has 0 spiro atoms. The molecule has 116 valence electrons. The molecule has 1 N–H and O–H groups in total. The van der Waals surface area contributed by atoms with Gasteiger partial charge in [0.1, 0.15) is 16.2 Å². The molecular weight excluding hydrogens is 288 g/mol. The smallest absolute Gasteiger partial charge is 0.408 e. The van der Waals surface area contributed by atoms with Crippen molar-refractivity contribution in [1.82, 2.24) is 10.3 Å². The number of carbonyl (C=O) groups excluding carboxylic acids is 2. The number of alkyl carbamates (subject to hydrolysis) is 1. The number of nitrogens with zero attached hydrogens (tertiary/aromatic N) is 1. The number of hydrogen-bond acceptors (Lipinski definition) is 5. The number of amides is 1. The third kappa shape index (κ3) is 5.75.